The highest BCUT2D eigenvalue weighted by Crippen LogP contribution is 2.61. The minimum absolute atomic E-state index is 0.0264. The number of nitrogens with zero attached hydrogens (tertiary/aromatic N) is 2. The molecule has 2 unspecified atom stereocenters. The van der Waals surface area contributed by atoms with Gasteiger partial charge >= 0.3 is 11.9 Å². The Morgan fingerprint density at radius 3 is 1.65 bits per heavy atom. The number of esters is 2. The Morgan fingerprint density at radius 2 is 1.12 bits per heavy atom. The molecule has 2 atom stereocenters. The summed E-state index contributed by atoms with van der Waals surface area (Å²) in [5.74, 6) is -4.66. The number of nitro benzene ring substituents is 1. The van der Waals surface area contributed by atoms with E-state index in [1.54, 1.807) is 12.1 Å². The maximum absolute atomic E-state index is 14.2. The molecule has 51 heavy (non-hydrogen) atoms. The molecule has 1 fully saturated rings. The van der Waals surface area contributed by atoms with Gasteiger partial charge in [0, 0.05) is 29.5 Å². The number of ketones is 1. The molecular formula is C40H26N2O9. The standard InChI is InChI=1S/C40H26N2O9/c43-32(22-15-19-25(20-16-22)51-39(46)23-13-17-24(18-14-23)42(48)49)21-50-40(47)30-11-5-6-12-31(30)41-37(44)35-33-26-7-1-2-8-27(26)34(36(35)38(41)45)29-10-4-3-9-28(29)33/h1-20,33-36H,21H2. The largest absolute Gasteiger partial charge is 0.454 e. The van der Waals surface area contributed by atoms with Crippen molar-refractivity contribution in [3.63, 3.8) is 0 Å². The molecule has 2 bridgehead atoms. The number of carbonyl (C=O) groups is 5. The average Bonchev–Trinajstić information content (AvgIpc) is 3.43. The number of hydrogen-bond acceptors (Lipinski definition) is 9. The molecule has 2 amide bonds. The quantitative estimate of drug-likeness (QED) is 0.0463. The Bertz CT molecular complexity index is 2180. The second kappa shape index (κ2) is 12.3. The first-order valence-corrected chi connectivity index (χ1v) is 16.1. The van der Waals surface area contributed by atoms with Crippen molar-refractivity contribution in [3.05, 3.63) is 170 Å². The predicted molar refractivity (Wildman–Crippen MR) is 182 cm³/mol. The van der Waals surface area contributed by atoms with Crippen molar-refractivity contribution in [2.45, 2.75) is 11.8 Å². The summed E-state index contributed by atoms with van der Waals surface area (Å²) < 4.78 is 10.7. The summed E-state index contributed by atoms with van der Waals surface area (Å²) in [4.78, 5) is 78.7. The van der Waals surface area contributed by atoms with Gasteiger partial charge in [0.25, 0.3) is 5.69 Å². The van der Waals surface area contributed by atoms with Gasteiger partial charge in [-0.3, -0.25) is 24.5 Å². The Balaban J connectivity index is 0.972. The van der Waals surface area contributed by atoms with Gasteiger partial charge in [-0.05, 0) is 70.8 Å². The van der Waals surface area contributed by atoms with Gasteiger partial charge in [-0.2, -0.15) is 0 Å². The molecule has 1 saturated heterocycles. The minimum atomic E-state index is -0.877. The Labute approximate surface area is 290 Å². The van der Waals surface area contributed by atoms with Crippen LogP contribution in [0.4, 0.5) is 11.4 Å². The number of amides is 2. The van der Waals surface area contributed by atoms with E-state index < -0.39 is 41.1 Å². The summed E-state index contributed by atoms with van der Waals surface area (Å²) in [7, 11) is 0. The van der Waals surface area contributed by atoms with Gasteiger partial charge in [0.1, 0.15) is 5.75 Å². The molecule has 11 heteroatoms. The third-order valence-corrected chi connectivity index (χ3v) is 9.85. The highest BCUT2D eigenvalue weighted by Gasteiger charge is 2.62. The van der Waals surface area contributed by atoms with E-state index >= 15 is 0 Å². The van der Waals surface area contributed by atoms with E-state index in [1.165, 1.54) is 60.7 Å². The summed E-state index contributed by atoms with van der Waals surface area (Å²) in [5, 5.41) is 10.8. The zero-order valence-electron chi connectivity index (χ0n) is 26.6. The molecule has 250 valence electrons. The lowest BCUT2D eigenvalue weighted by molar-refractivity contribution is -0.384. The smallest absolute Gasteiger partial charge is 0.343 e. The number of anilines is 1. The number of benzene rings is 5. The van der Waals surface area contributed by atoms with Crippen molar-refractivity contribution in [3.8, 4) is 5.75 Å². The number of ether oxygens (including phenoxy) is 2. The van der Waals surface area contributed by atoms with Crippen LogP contribution in [-0.4, -0.2) is 41.1 Å². The summed E-state index contributed by atoms with van der Waals surface area (Å²) in [6.07, 6.45) is 0. The van der Waals surface area contributed by atoms with E-state index in [0.29, 0.717) is 0 Å². The number of carbonyl (C=O) groups excluding carboxylic acids is 5. The van der Waals surface area contributed by atoms with E-state index in [2.05, 4.69) is 0 Å². The molecule has 0 saturated carbocycles. The molecule has 5 aromatic rings. The molecule has 9 rings (SSSR count). The van der Waals surface area contributed by atoms with Crippen LogP contribution in [-0.2, 0) is 14.3 Å². The summed E-state index contributed by atoms with van der Waals surface area (Å²) in [5.41, 5.74) is 4.33. The third kappa shape index (κ3) is 5.18. The van der Waals surface area contributed by atoms with Crippen molar-refractivity contribution in [1.82, 2.24) is 0 Å². The molecule has 11 nitrogen and oxygen atoms in total. The second-order valence-corrected chi connectivity index (χ2v) is 12.5. The molecule has 1 heterocycles. The number of hydrogen-bond donors (Lipinski definition) is 0. The molecule has 0 radical (unpaired) electrons. The number of non-ortho nitro benzene ring substituents is 1. The summed E-state index contributed by atoms with van der Waals surface area (Å²) in [6, 6.07) is 32.5. The van der Waals surface area contributed by atoms with E-state index in [-0.39, 0.29) is 57.5 Å². The normalized spacial score (nSPS) is 19.5. The van der Waals surface area contributed by atoms with Crippen LogP contribution in [0.15, 0.2) is 121 Å². The first-order valence-electron chi connectivity index (χ1n) is 16.1. The van der Waals surface area contributed by atoms with Crippen LogP contribution in [0.5, 0.6) is 5.75 Å². The fourth-order valence-corrected chi connectivity index (χ4v) is 7.64. The maximum Gasteiger partial charge on any atom is 0.343 e. The van der Waals surface area contributed by atoms with Crippen LogP contribution in [0, 0.1) is 22.0 Å². The van der Waals surface area contributed by atoms with Crippen molar-refractivity contribution in [2.75, 3.05) is 11.5 Å². The van der Waals surface area contributed by atoms with E-state index in [1.807, 2.05) is 48.5 Å². The average molecular weight is 679 g/mol. The Morgan fingerprint density at radius 1 is 0.627 bits per heavy atom. The number of Topliss-reactive ketones (excluding diaryl/α,β-unsaturated/α-hetero) is 1. The van der Waals surface area contributed by atoms with Crippen molar-refractivity contribution >= 4 is 40.9 Å². The first kappa shape index (κ1) is 31.5. The highest BCUT2D eigenvalue weighted by atomic mass is 16.6. The van der Waals surface area contributed by atoms with Crippen LogP contribution >= 0.6 is 0 Å². The minimum Gasteiger partial charge on any atom is -0.454 e. The molecule has 1 aliphatic heterocycles. The van der Waals surface area contributed by atoms with E-state index in [0.717, 1.165) is 27.2 Å². The van der Waals surface area contributed by atoms with Gasteiger partial charge in [0.2, 0.25) is 11.8 Å². The SMILES string of the molecule is O=C(COC(=O)c1ccccc1N1C(=O)C2C3c4ccccc4C(c4ccccc43)C2C1=O)c1ccc(OC(=O)c2ccc([N+](=O)[O-])cc2)cc1. The van der Waals surface area contributed by atoms with Crippen LogP contribution in [0.2, 0.25) is 0 Å². The number of nitro groups is 1. The van der Waals surface area contributed by atoms with Gasteiger partial charge in [-0.25, -0.2) is 14.5 Å². The number of imide groups is 1. The Kier molecular flexibility index (Phi) is 7.60. The molecular weight excluding hydrogens is 652 g/mol. The Hall–Kier alpha value is -6.75. The first-order chi connectivity index (χ1) is 24.7. The molecule has 0 aromatic heterocycles. The van der Waals surface area contributed by atoms with Gasteiger partial charge in [0.05, 0.1) is 33.6 Å². The predicted octanol–water partition coefficient (Wildman–Crippen LogP) is 6.25. The summed E-state index contributed by atoms with van der Waals surface area (Å²) >= 11 is 0. The lowest BCUT2D eigenvalue weighted by Crippen LogP contribution is -2.41. The van der Waals surface area contributed by atoms with Crippen LogP contribution in [0.25, 0.3) is 0 Å². The van der Waals surface area contributed by atoms with Crippen molar-refractivity contribution in [2.24, 2.45) is 11.8 Å². The zero-order chi connectivity index (χ0) is 35.4. The third-order valence-electron chi connectivity index (χ3n) is 9.85. The molecule has 5 aromatic carbocycles. The molecule has 3 aliphatic carbocycles. The number of para-hydroxylation sites is 1. The van der Waals surface area contributed by atoms with Gasteiger partial charge in [-0.1, -0.05) is 60.7 Å². The van der Waals surface area contributed by atoms with Gasteiger partial charge in [-0.15, -0.1) is 0 Å². The van der Waals surface area contributed by atoms with E-state index in [4.69, 9.17) is 9.47 Å². The second-order valence-electron chi connectivity index (χ2n) is 12.5. The van der Waals surface area contributed by atoms with Gasteiger partial charge in [0.15, 0.2) is 12.4 Å². The monoisotopic (exact) mass is 678 g/mol. The van der Waals surface area contributed by atoms with Crippen LogP contribution < -0.4 is 9.64 Å². The lowest BCUT2D eigenvalue weighted by Gasteiger charge is -2.45. The van der Waals surface area contributed by atoms with Crippen molar-refractivity contribution < 1.29 is 38.4 Å². The molecule has 0 N–H and O–H groups in total. The fourth-order valence-electron chi connectivity index (χ4n) is 7.64. The maximum atomic E-state index is 14.2. The van der Waals surface area contributed by atoms with E-state index in [9.17, 15) is 34.1 Å². The highest BCUT2D eigenvalue weighted by molar-refractivity contribution is 6.25. The fraction of sp³-hybridized carbons (Fsp3) is 0.125. The van der Waals surface area contributed by atoms with Gasteiger partial charge < -0.3 is 9.47 Å². The summed E-state index contributed by atoms with van der Waals surface area (Å²) in [6.45, 7) is -0.628. The lowest BCUT2D eigenvalue weighted by atomic mass is 9.55. The van der Waals surface area contributed by atoms with Crippen molar-refractivity contribution in [1.29, 1.82) is 0 Å². The number of rotatable bonds is 8. The topological polar surface area (TPSA) is 150 Å². The zero-order valence-corrected chi connectivity index (χ0v) is 26.6. The van der Waals surface area contributed by atoms with Crippen LogP contribution in [0.1, 0.15) is 65.2 Å². The van der Waals surface area contributed by atoms with Crippen LogP contribution in [0.3, 0.4) is 0 Å². The molecule has 4 aliphatic rings. The molecule has 0 spiro atoms.